The monoisotopic (exact) mass is 426 g/mol. The van der Waals surface area contributed by atoms with Crippen molar-refractivity contribution in [2.45, 2.75) is 111 Å². The van der Waals surface area contributed by atoms with E-state index in [1.807, 2.05) is 0 Å². The third-order valence-electron chi connectivity index (χ3n) is 11.3. The number of hydrogen-bond donors (Lipinski definition) is 1. The van der Waals surface area contributed by atoms with Crippen molar-refractivity contribution >= 4 is 5.78 Å². The van der Waals surface area contributed by atoms with Crippen LogP contribution in [0.25, 0.3) is 0 Å². The Labute approximate surface area is 190 Å². The summed E-state index contributed by atoms with van der Waals surface area (Å²) in [6, 6.07) is 0. The third kappa shape index (κ3) is 3.24. The predicted octanol–water partition coefficient (Wildman–Crippen LogP) is 6.96. The van der Waals surface area contributed by atoms with Crippen LogP contribution in [-0.2, 0) is 4.79 Å². The Morgan fingerprint density at radius 2 is 1.74 bits per heavy atom. The maximum atomic E-state index is 12.8. The molecule has 5 aliphatic carbocycles. The van der Waals surface area contributed by atoms with E-state index in [1.165, 1.54) is 32.1 Å². The van der Waals surface area contributed by atoms with Gasteiger partial charge >= 0.3 is 0 Å². The molecule has 31 heavy (non-hydrogen) atoms. The summed E-state index contributed by atoms with van der Waals surface area (Å²) in [5, 5.41) is 10.6. The van der Waals surface area contributed by atoms with Crippen LogP contribution in [0, 0.1) is 51.8 Å². The van der Waals surface area contributed by atoms with Gasteiger partial charge in [0.2, 0.25) is 0 Å². The quantitative estimate of drug-likeness (QED) is 0.483. The van der Waals surface area contributed by atoms with Crippen LogP contribution in [0.1, 0.15) is 105 Å². The Kier molecular flexibility index (Phi) is 5.32. The second kappa shape index (κ2) is 7.44. The number of aliphatic hydroxyl groups excluding tert-OH is 1. The molecule has 1 N–H and O–H groups in total. The lowest BCUT2D eigenvalue weighted by molar-refractivity contribution is -0.128. The van der Waals surface area contributed by atoms with Gasteiger partial charge < -0.3 is 5.11 Å². The molecule has 2 nitrogen and oxygen atoms in total. The molecule has 0 aromatic heterocycles. The Morgan fingerprint density at radius 3 is 2.42 bits per heavy atom. The van der Waals surface area contributed by atoms with Crippen molar-refractivity contribution in [2.24, 2.45) is 51.8 Å². The van der Waals surface area contributed by atoms with Gasteiger partial charge in [-0.1, -0.05) is 46.3 Å². The fourth-order valence-corrected chi connectivity index (χ4v) is 9.80. The molecule has 4 saturated carbocycles. The smallest absolute Gasteiger partial charge is 0.143 e. The standard InChI is InChI=1S/C29H46O2/c1-18(2)16-20(30)17-19(3)22-7-8-23-21-6-9-25-28(5,24(21)10-12-27(22,23)4)13-11-26(31)29(25)14-15-29/h9,18-24,30H,6-8,10-17H2,1-5H3/t19-,20-,21+,22-,23+,24+,27-,28-/m1/s1. The first-order valence-electron chi connectivity index (χ1n) is 13.5. The molecule has 5 rings (SSSR count). The summed E-state index contributed by atoms with van der Waals surface area (Å²) < 4.78 is 0. The number of Topliss-reactive ketones (excluding diaryl/α,β-unsaturated/α-hetero) is 1. The van der Waals surface area contributed by atoms with Gasteiger partial charge in [0.25, 0.3) is 0 Å². The van der Waals surface area contributed by atoms with Crippen LogP contribution >= 0.6 is 0 Å². The Balaban J connectivity index is 1.36. The molecule has 0 unspecified atom stereocenters. The second-order valence-electron chi connectivity index (χ2n) is 13.4. The lowest BCUT2D eigenvalue weighted by Gasteiger charge is -2.59. The molecule has 174 valence electrons. The number of carbonyl (C=O) groups is 1. The van der Waals surface area contributed by atoms with Gasteiger partial charge in [-0.25, -0.2) is 0 Å². The molecule has 0 aliphatic heterocycles. The van der Waals surface area contributed by atoms with Crippen molar-refractivity contribution in [3.05, 3.63) is 11.6 Å². The largest absolute Gasteiger partial charge is 0.393 e. The molecule has 0 aromatic carbocycles. The molecule has 4 fully saturated rings. The normalized spacial score (nSPS) is 45.0. The number of hydrogen-bond acceptors (Lipinski definition) is 2. The van der Waals surface area contributed by atoms with Crippen LogP contribution in [-0.4, -0.2) is 17.0 Å². The first-order chi connectivity index (χ1) is 14.6. The van der Waals surface area contributed by atoms with Gasteiger partial charge in [-0.3, -0.25) is 4.79 Å². The minimum atomic E-state index is -0.137. The molecular weight excluding hydrogens is 380 g/mol. The van der Waals surface area contributed by atoms with Crippen molar-refractivity contribution in [3.8, 4) is 0 Å². The average molecular weight is 427 g/mol. The fourth-order valence-electron chi connectivity index (χ4n) is 9.80. The molecule has 0 radical (unpaired) electrons. The number of fused-ring (bicyclic) bond motifs is 6. The molecular formula is C29H46O2. The number of aliphatic hydroxyl groups is 1. The van der Waals surface area contributed by atoms with Gasteiger partial charge in [0.1, 0.15) is 5.78 Å². The topological polar surface area (TPSA) is 37.3 Å². The number of carbonyl (C=O) groups excluding carboxylic acids is 1. The summed E-state index contributed by atoms with van der Waals surface area (Å²) in [4.78, 5) is 12.8. The third-order valence-corrected chi connectivity index (χ3v) is 11.3. The average Bonchev–Trinajstić information content (AvgIpc) is 3.39. The Bertz CT molecular complexity index is 761. The van der Waals surface area contributed by atoms with E-state index in [0.717, 1.165) is 62.2 Å². The predicted molar refractivity (Wildman–Crippen MR) is 126 cm³/mol. The maximum Gasteiger partial charge on any atom is 0.143 e. The lowest BCUT2D eigenvalue weighted by atomic mass is 9.45. The van der Waals surface area contributed by atoms with Crippen LogP contribution in [0.2, 0.25) is 0 Å². The van der Waals surface area contributed by atoms with E-state index in [4.69, 9.17) is 0 Å². The molecule has 2 heteroatoms. The van der Waals surface area contributed by atoms with Crippen LogP contribution in [0.15, 0.2) is 11.6 Å². The molecule has 0 aromatic rings. The van der Waals surface area contributed by atoms with Crippen LogP contribution in [0.3, 0.4) is 0 Å². The van der Waals surface area contributed by atoms with Crippen LogP contribution < -0.4 is 0 Å². The molecule has 5 aliphatic rings. The summed E-state index contributed by atoms with van der Waals surface area (Å²) in [5.74, 6) is 4.96. The van der Waals surface area contributed by atoms with Gasteiger partial charge in [-0.2, -0.15) is 0 Å². The highest BCUT2D eigenvalue weighted by Gasteiger charge is 2.65. The van der Waals surface area contributed by atoms with E-state index < -0.39 is 0 Å². The van der Waals surface area contributed by atoms with Crippen molar-refractivity contribution in [2.75, 3.05) is 0 Å². The zero-order valence-electron chi connectivity index (χ0n) is 20.8. The van der Waals surface area contributed by atoms with E-state index in [1.54, 1.807) is 5.57 Å². The summed E-state index contributed by atoms with van der Waals surface area (Å²) >= 11 is 0. The van der Waals surface area contributed by atoms with Gasteiger partial charge in [0.05, 0.1) is 11.5 Å². The van der Waals surface area contributed by atoms with Crippen molar-refractivity contribution in [1.82, 2.24) is 0 Å². The fraction of sp³-hybridized carbons (Fsp3) is 0.897. The highest BCUT2D eigenvalue weighted by Crippen LogP contribution is 2.72. The van der Waals surface area contributed by atoms with Gasteiger partial charge in [-0.05, 0) is 111 Å². The lowest BCUT2D eigenvalue weighted by Crippen LogP contribution is -2.52. The first kappa shape index (κ1) is 22.2. The van der Waals surface area contributed by atoms with E-state index in [9.17, 15) is 9.90 Å². The van der Waals surface area contributed by atoms with Gasteiger partial charge in [-0.15, -0.1) is 0 Å². The van der Waals surface area contributed by atoms with Crippen molar-refractivity contribution in [3.63, 3.8) is 0 Å². The first-order valence-corrected chi connectivity index (χ1v) is 13.5. The Hall–Kier alpha value is -0.630. The molecule has 1 spiro atoms. The van der Waals surface area contributed by atoms with E-state index in [-0.39, 0.29) is 16.9 Å². The van der Waals surface area contributed by atoms with Crippen LogP contribution in [0.5, 0.6) is 0 Å². The summed E-state index contributed by atoms with van der Waals surface area (Å²) in [7, 11) is 0. The number of allylic oxidation sites excluding steroid dienone is 2. The van der Waals surface area contributed by atoms with Gasteiger partial charge in [0, 0.05) is 6.42 Å². The summed E-state index contributed by atoms with van der Waals surface area (Å²) in [6.07, 6.45) is 15.2. The minimum Gasteiger partial charge on any atom is -0.393 e. The number of ketones is 1. The highest BCUT2D eigenvalue weighted by atomic mass is 16.3. The summed E-state index contributed by atoms with van der Waals surface area (Å²) in [6.45, 7) is 12.0. The van der Waals surface area contributed by atoms with E-state index in [2.05, 4.69) is 40.7 Å². The Morgan fingerprint density at radius 1 is 1.00 bits per heavy atom. The molecule has 0 amide bonds. The zero-order valence-corrected chi connectivity index (χ0v) is 20.8. The van der Waals surface area contributed by atoms with Crippen LogP contribution in [0.4, 0.5) is 0 Å². The molecule has 0 bridgehead atoms. The number of rotatable bonds is 5. The zero-order chi connectivity index (χ0) is 22.2. The van der Waals surface area contributed by atoms with E-state index >= 15 is 0 Å². The van der Waals surface area contributed by atoms with Crippen molar-refractivity contribution < 1.29 is 9.90 Å². The molecule has 8 atom stereocenters. The van der Waals surface area contributed by atoms with E-state index in [0.29, 0.717) is 23.0 Å². The molecule has 0 heterocycles. The summed E-state index contributed by atoms with van der Waals surface area (Å²) in [5.41, 5.74) is 2.30. The maximum absolute atomic E-state index is 12.8. The molecule has 0 saturated heterocycles. The second-order valence-corrected chi connectivity index (χ2v) is 13.4. The SMILES string of the molecule is CC(C)C[C@@H](O)C[C@@H](C)[C@H]1CC[C@H]2[C@@H]3CC=C4C5(CC5)C(=O)CC[C@]4(C)[C@H]3CC[C@]12C. The minimum absolute atomic E-state index is 0.0159. The van der Waals surface area contributed by atoms with Crippen molar-refractivity contribution in [1.29, 1.82) is 0 Å². The highest BCUT2D eigenvalue weighted by molar-refractivity contribution is 5.92. The van der Waals surface area contributed by atoms with Gasteiger partial charge in [0.15, 0.2) is 0 Å².